The second kappa shape index (κ2) is 5.31. The maximum Gasteiger partial charge on any atom is 0.335 e. The predicted octanol–water partition coefficient (Wildman–Crippen LogP) is 2.12. The van der Waals surface area contributed by atoms with E-state index in [-0.39, 0.29) is 10.7 Å². The lowest BCUT2D eigenvalue weighted by atomic mass is 10.2. The van der Waals surface area contributed by atoms with Gasteiger partial charge in [0.25, 0.3) is 5.17 Å². The zero-order valence-corrected chi connectivity index (χ0v) is 9.00. The fourth-order valence-electron chi connectivity index (χ4n) is 0.981. The first-order valence-corrected chi connectivity index (χ1v) is 4.81. The molecule has 4 nitrogen and oxygen atoms in total. The molecule has 0 aliphatic carbocycles. The Labute approximate surface area is 92.9 Å². The van der Waals surface area contributed by atoms with Crippen LogP contribution in [0.5, 0.6) is 0 Å². The van der Waals surface area contributed by atoms with E-state index in [0.717, 1.165) is 0 Å². The van der Waals surface area contributed by atoms with E-state index in [2.05, 4.69) is 5.32 Å². The highest BCUT2D eigenvalue weighted by atomic mass is 32.1. The van der Waals surface area contributed by atoms with Crippen molar-refractivity contribution in [3.63, 3.8) is 0 Å². The fourth-order valence-corrected chi connectivity index (χ4v) is 1.22. The number of ether oxygens (including phenoxy) is 1. The van der Waals surface area contributed by atoms with Gasteiger partial charge in [-0.1, -0.05) is 0 Å². The van der Waals surface area contributed by atoms with E-state index >= 15 is 0 Å². The number of carboxylic acid groups (broad SMARTS) is 1. The van der Waals surface area contributed by atoms with Gasteiger partial charge in [0.05, 0.1) is 12.2 Å². The number of nitrogens with one attached hydrogen (secondary N) is 1. The summed E-state index contributed by atoms with van der Waals surface area (Å²) in [5.74, 6) is -0.950. The quantitative estimate of drug-likeness (QED) is 0.772. The molecule has 0 unspecified atom stereocenters. The molecule has 0 aromatic heterocycles. The molecule has 1 aromatic rings. The summed E-state index contributed by atoms with van der Waals surface area (Å²) in [5, 5.41) is 11.8. The highest BCUT2D eigenvalue weighted by Crippen LogP contribution is 2.09. The SMILES string of the molecule is CCOC(=S)Nc1ccc(C(=O)O)cc1. The van der Waals surface area contributed by atoms with E-state index in [0.29, 0.717) is 12.3 Å². The molecule has 0 heterocycles. The summed E-state index contributed by atoms with van der Waals surface area (Å²) in [5.41, 5.74) is 0.946. The smallest absolute Gasteiger partial charge is 0.335 e. The molecular formula is C10H11NO3S. The molecule has 0 radical (unpaired) electrons. The van der Waals surface area contributed by atoms with E-state index in [1.165, 1.54) is 12.1 Å². The Bertz CT molecular complexity index is 361. The van der Waals surface area contributed by atoms with E-state index in [1.54, 1.807) is 12.1 Å². The molecule has 0 amide bonds. The summed E-state index contributed by atoms with van der Waals surface area (Å²) in [6, 6.07) is 6.27. The van der Waals surface area contributed by atoms with Gasteiger partial charge < -0.3 is 15.2 Å². The third kappa shape index (κ3) is 3.55. The molecule has 0 saturated heterocycles. The number of rotatable bonds is 3. The van der Waals surface area contributed by atoms with E-state index in [1.807, 2.05) is 6.92 Å². The fraction of sp³-hybridized carbons (Fsp3) is 0.200. The minimum Gasteiger partial charge on any atom is -0.478 e. The first kappa shape index (κ1) is 11.5. The number of aromatic carboxylic acids is 1. The van der Waals surface area contributed by atoms with E-state index in [9.17, 15) is 4.79 Å². The Kier molecular flexibility index (Phi) is 4.05. The maximum atomic E-state index is 10.6. The number of anilines is 1. The minimum absolute atomic E-state index is 0.239. The molecule has 15 heavy (non-hydrogen) atoms. The molecule has 0 bridgehead atoms. The van der Waals surface area contributed by atoms with Gasteiger partial charge in [0.1, 0.15) is 0 Å². The second-order valence-corrected chi connectivity index (χ2v) is 3.10. The van der Waals surface area contributed by atoms with Crippen LogP contribution in [0, 0.1) is 0 Å². The third-order valence-corrected chi connectivity index (χ3v) is 1.87. The number of carboxylic acids is 1. The molecule has 2 N–H and O–H groups in total. The molecule has 0 saturated carbocycles. The molecule has 0 aliphatic rings. The minimum atomic E-state index is -0.950. The number of benzene rings is 1. The average Bonchev–Trinajstić information content (AvgIpc) is 2.18. The van der Waals surface area contributed by atoms with Crippen LogP contribution in [0.15, 0.2) is 24.3 Å². The lowest BCUT2D eigenvalue weighted by molar-refractivity contribution is 0.0697. The van der Waals surface area contributed by atoms with Crippen LogP contribution in [0.3, 0.4) is 0 Å². The standard InChI is InChI=1S/C10H11NO3S/c1-2-14-10(15)11-8-5-3-7(4-6-8)9(12)13/h3-6H,2H2,1H3,(H,11,15)(H,12,13). The summed E-state index contributed by atoms with van der Waals surface area (Å²) in [6.07, 6.45) is 0. The lowest BCUT2D eigenvalue weighted by Gasteiger charge is -2.07. The van der Waals surface area contributed by atoms with Crippen LogP contribution in [-0.2, 0) is 4.74 Å². The molecule has 80 valence electrons. The van der Waals surface area contributed by atoms with Gasteiger partial charge in [-0.25, -0.2) is 4.79 Å². The molecule has 0 fully saturated rings. The van der Waals surface area contributed by atoms with Gasteiger partial charge in [0, 0.05) is 5.69 Å². The largest absolute Gasteiger partial charge is 0.478 e. The Balaban J connectivity index is 2.64. The van der Waals surface area contributed by atoms with Crippen LogP contribution >= 0.6 is 12.2 Å². The van der Waals surface area contributed by atoms with Crippen LogP contribution < -0.4 is 5.32 Å². The number of hydrogen-bond acceptors (Lipinski definition) is 3. The summed E-state index contributed by atoms with van der Waals surface area (Å²) < 4.78 is 5.03. The predicted molar refractivity (Wildman–Crippen MR) is 61.2 cm³/mol. The number of carbonyl (C=O) groups is 1. The topological polar surface area (TPSA) is 58.6 Å². The van der Waals surface area contributed by atoms with Crippen LogP contribution in [0.4, 0.5) is 5.69 Å². The first-order valence-electron chi connectivity index (χ1n) is 4.40. The molecule has 5 heteroatoms. The Morgan fingerprint density at radius 3 is 2.53 bits per heavy atom. The molecule has 0 atom stereocenters. The van der Waals surface area contributed by atoms with Crippen molar-refractivity contribution in [3.8, 4) is 0 Å². The molecular weight excluding hydrogens is 214 g/mol. The third-order valence-electron chi connectivity index (χ3n) is 1.65. The van der Waals surface area contributed by atoms with Gasteiger partial charge in [-0.3, -0.25) is 0 Å². The monoisotopic (exact) mass is 225 g/mol. The van der Waals surface area contributed by atoms with E-state index in [4.69, 9.17) is 22.1 Å². The van der Waals surface area contributed by atoms with Crippen LogP contribution in [-0.4, -0.2) is 22.9 Å². The number of thiocarbonyl (C=S) groups is 1. The van der Waals surface area contributed by atoms with Crippen LogP contribution in [0.1, 0.15) is 17.3 Å². The van der Waals surface area contributed by atoms with Crippen molar-refractivity contribution in [1.29, 1.82) is 0 Å². The summed E-state index contributed by atoms with van der Waals surface area (Å²) in [7, 11) is 0. The Morgan fingerprint density at radius 1 is 1.47 bits per heavy atom. The zero-order chi connectivity index (χ0) is 11.3. The molecule has 0 spiro atoms. The highest BCUT2D eigenvalue weighted by molar-refractivity contribution is 7.80. The van der Waals surface area contributed by atoms with Crippen molar-refractivity contribution < 1.29 is 14.6 Å². The lowest BCUT2D eigenvalue weighted by Crippen LogP contribution is -2.12. The summed E-state index contributed by atoms with van der Waals surface area (Å²) in [6.45, 7) is 2.33. The van der Waals surface area contributed by atoms with Crippen molar-refractivity contribution in [2.24, 2.45) is 0 Å². The molecule has 1 aromatic carbocycles. The van der Waals surface area contributed by atoms with Gasteiger partial charge in [-0.05, 0) is 43.4 Å². The van der Waals surface area contributed by atoms with Crippen LogP contribution in [0.2, 0.25) is 0 Å². The highest BCUT2D eigenvalue weighted by Gasteiger charge is 2.02. The first-order chi connectivity index (χ1) is 7.13. The maximum absolute atomic E-state index is 10.6. The van der Waals surface area contributed by atoms with Gasteiger partial charge >= 0.3 is 5.97 Å². The van der Waals surface area contributed by atoms with Crippen molar-refractivity contribution in [2.75, 3.05) is 11.9 Å². The van der Waals surface area contributed by atoms with Crippen molar-refractivity contribution in [2.45, 2.75) is 6.92 Å². The van der Waals surface area contributed by atoms with Gasteiger partial charge in [0.15, 0.2) is 0 Å². The normalized spacial score (nSPS) is 9.40. The van der Waals surface area contributed by atoms with Crippen molar-refractivity contribution >= 4 is 29.0 Å². The Hall–Kier alpha value is -1.62. The van der Waals surface area contributed by atoms with Gasteiger partial charge in [-0.2, -0.15) is 0 Å². The summed E-state index contributed by atoms with van der Waals surface area (Å²) in [4.78, 5) is 10.6. The van der Waals surface area contributed by atoms with Gasteiger partial charge in [-0.15, -0.1) is 0 Å². The Morgan fingerprint density at radius 2 is 2.07 bits per heavy atom. The van der Waals surface area contributed by atoms with Crippen LogP contribution in [0.25, 0.3) is 0 Å². The molecule has 0 aliphatic heterocycles. The van der Waals surface area contributed by atoms with Crippen molar-refractivity contribution in [3.05, 3.63) is 29.8 Å². The zero-order valence-electron chi connectivity index (χ0n) is 8.19. The average molecular weight is 225 g/mol. The van der Waals surface area contributed by atoms with Crippen molar-refractivity contribution in [1.82, 2.24) is 0 Å². The van der Waals surface area contributed by atoms with Gasteiger partial charge in [0.2, 0.25) is 0 Å². The van der Waals surface area contributed by atoms with E-state index < -0.39 is 5.97 Å². The second-order valence-electron chi connectivity index (χ2n) is 2.73. The number of hydrogen-bond donors (Lipinski definition) is 2. The molecule has 1 rings (SSSR count). The summed E-state index contributed by atoms with van der Waals surface area (Å²) >= 11 is 4.87.